The number of hydrogen-bond donors (Lipinski definition) is 2. The first-order valence-electron chi connectivity index (χ1n) is 5.50. The number of nitrogens with zero attached hydrogens (tertiary/aromatic N) is 2. The topological polar surface area (TPSA) is 72.9 Å². The van der Waals surface area contributed by atoms with E-state index in [1.54, 1.807) is 23.0 Å². The van der Waals surface area contributed by atoms with Gasteiger partial charge in [0.15, 0.2) is 5.69 Å². The third-order valence-corrected chi connectivity index (χ3v) is 2.96. The SMILES string of the molecule is CCn1cc(N)c(C(=O)Nc2ccc(Br)cc2)n1. The van der Waals surface area contributed by atoms with Crippen LogP contribution in [-0.4, -0.2) is 15.7 Å². The summed E-state index contributed by atoms with van der Waals surface area (Å²) in [6.07, 6.45) is 1.65. The summed E-state index contributed by atoms with van der Waals surface area (Å²) in [6.45, 7) is 2.61. The fraction of sp³-hybridized carbons (Fsp3) is 0.167. The van der Waals surface area contributed by atoms with E-state index in [2.05, 4.69) is 26.3 Å². The Morgan fingerprint density at radius 1 is 1.44 bits per heavy atom. The highest BCUT2D eigenvalue weighted by Crippen LogP contribution is 2.16. The normalized spacial score (nSPS) is 10.3. The third kappa shape index (κ3) is 2.70. The van der Waals surface area contributed by atoms with E-state index in [9.17, 15) is 4.79 Å². The number of rotatable bonds is 3. The largest absolute Gasteiger partial charge is 0.396 e. The zero-order valence-corrected chi connectivity index (χ0v) is 11.4. The van der Waals surface area contributed by atoms with Crippen LogP contribution in [0.4, 0.5) is 11.4 Å². The van der Waals surface area contributed by atoms with Gasteiger partial charge in [0.05, 0.1) is 5.69 Å². The predicted molar refractivity (Wildman–Crippen MR) is 74.4 cm³/mol. The predicted octanol–water partition coefficient (Wildman–Crippen LogP) is 2.50. The Morgan fingerprint density at radius 2 is 2.11 bits per heavy atom. The molecular weight excluding hydrogens is 296 g/mol. The lowest BCUT2D eigenvalue weighted by molar-refractivity contribution is 0.102. The second-order valence-electron chi connectivity index (χ2n) is 3.75. The summed E-state index contributed by atoms with van der Waals surface area (Å²) in [5.41, 5.74) is 7.08. The van der Waals surface area contributed by atoms with Crippen LogP contribution in [0.15, 0.2) is 34.9 Å². The molecule has 3 N–H and O–H groups in total. The maximum atomic E-state index is 12.0. The van der Waals surface area contributed by atoms with E-state index in [1.807, 2.05) is 19.1 Å². The Bertz CT molecular complexity index is 562. The summed E-state index contributed by atoms with van der Waals surface area (Å²) in [5.74, 6) is -0.304. The summed E-state index contributed by atoms with van der Waals surface area (Å²) >= 11 is 3.33. The minimum atomic E-state index is -0.304. The van der Waals surface area contributed by atoms with Gasteiger partial charge in [0.2, 0.25) is 0 Å². The molecule has 1 amide bonds. The molecule has 1 aromatic heterocycles. The first kappa shape index (κ1) is 12.6. The van der Waals surface area contributed by atoms with Crippen LogP contribution in [0.3, 0.4) is 0 Å². The molecule has 0 bridgehead atoms. The van der Waals surface area contributed by atoms with E-state index < -0.39 is 0 Å². The third-order valence-electron chi connectivity index (χ3n) is 2.43. The molecule has 0 atom stereocenters. The number of amides is 1. The minimum Gasteiger partial charge on any atom is -0.396 e. The van der Waals surface area contributed by atoms with Crippen LogP contribution >= 0.6 is 15.9 Å². The number of halogens is 1. The van der Waals surface area contributed by atoms with Gasteiger partial charge in [0.1, 0.15) is 0 Å². The van der Waals surface area contributed by atoms with Crippen LogP contribution in [0, 0.1) is 0 Å². The van der Waals surface area contributed by atoms with Crippen LogP contribution in [0.1, 0.15) is 17.4 Å². The summed E-state index contributed by atoms with van der Waals surface area (Å²) in [4.78, 5) is 12.0. The highest BCUT2D eigenvalue weighted by Gasteiger charge is 2.14. The van der Waals surface area contributed by atoms with Crippen LogP contribution in [0.2, 0.25) is 0 Å². The molecule has 0 unspecified atom stereocenters. The quantitative estimate of drug-likeness (QED) is 0.915. The van der Waals surface area contributed by atoms with Crippen molar-refractivity contribution < 1.29 is 4.79 Å². The zero-order chi connectivity index (χ0) is 13.1. The second kappa shape index (κ2) is 5.22. The lowest BCUT2D eigenvalue weighted by Gasteiger charge is -2.03. The first-order chi connectivity index (χ1) is 8.60. The number of nitrogen functional groups attached to an aromatic ring is 1. The smallest absolute Gasteiger partial charge is 0.278 e. The van der Waals surface area contributed by atoms with Crippen molar-refractivity contribution in [1.82, 2.24) is 9.78 Å². The number of hydrogen-bond acceptors (Lipinski definition) is 3. The highest BCUT2D eigenvalue weighted by molar-refractivity contribution is 9.10. The van der Waals surface area contributed by atoms with E-state index in [0.717, 1.165) is 4.47 Å². The molecule has 94 valence electrons. The summed E-state index contributed by atoms with van der Waals surface area (Å²) in [5, 5.41) is 6.86. The van der Waals surface area contributed by atoms with Crippen molar-refractivity contribution in [2.75, 3.05) is 11.1 Å². The molecular formula is C12H13BrN4O. The second-order valence-corrected chi connectivity index (χ2v) is 4.67. The lowest BCUT2D eigenvalue weighted by Crippen LogP contribution is -2.14. The fourth-order valence-corrected chi connectivity index (χ4v) is 1.76. The molecule has 1 aromatic carbocycles. The van der Waals surface area contributed by atoms with Crippen molar-refractivity contribution >= 4 is 33.2 Å². The van der Waals surface area contributed by atoms with Gasteiger partial charge in [-0.15, -0.1) is 0 Å². The molecule has 6 heteroatoms. The Kier molecular flexibility index (Phi) is 3.66. The minimum absolute atomic E-state index is 0.250. The van der Waals surface area contributed by atoms with Crippen molar-refractivity contribution in [1.29, 1.82) is 0 Å². The molecule has 0 saturated carbocycles. The van der Waals surface area contributed by atoms with Gasteiger partial charge in [-0.1, -0.05) is 15.9 Å². The molecule has 0 aliphatic heterocycles. The number of benzene rings is 1. The fourth-order valence-electron chi connectivity index (χ4n) is 1.50. The van der Waals surface area contributed by atoms with Gasteiger partial charge in [-0.3, -0.25) is 9.48 Å². The molecule has 0 aliphatic rings. The zero-order valence-electron chi connectivity index (χ0n) is 9.85. The Hall–Kier alpha value is -1.82. The number of nitrogens with two attached hydrogens (primary N) is 1. The van der Waals surface area contributed by atoms with Gasteiger partial charge < -0.3 is 11.1 Å². The van der Waals surface area contributed by atoms with Gasteiger partial charge in [-0.25, -0.2) is 0 Å². The Balaban J connectivity index is 2.16. The van der Waals surface area contributed by atoms with Crippen LogP contribution < -0.4 is 11.1 Å². The van der Waals surface area contributed by atoms with Crippen molar-refractivity contribution in [3.05, 3.63) is 40.6 Å². The maximum Gasteiger partial charge on any atom is 0.278 e. The average Bonchev–Trinajstić information content (AvgIpc) is 2.73. The monoisotopic (exact) mass is 308 g/mol. The molecule has 0 spiro atoms. The van der Waals surface area contributed by atoms with Crippen LogP contribution in [0.25, 0.3) is 0 Å². The van der Waals surface area contributed by atoms with E-state index in [4.69, 9.17) is 5.73 Å². The van der Waals surface area contributed by atoms with E-state index in [-0.39, 0.29) is 11.6 Å². The van der Waals surface area contributed by atoms with Crippen molar-refractivity contribution in [3.63, 3.8) is 0 Å². The van der Waals surface area contributed by atoms with Gasteiger partial charge in [-0.05, 0) is 31.2 Å². The lowest BCUT2D eigenvalue weighted by atomic mass is 10.3. The van der Waals surface area contributed by atoms with Crippen molar-refractivity contribution in [2.45, 2.75) is 13.5 Å². The number of carbonyl (C=O) groups excluding carboxylic acids is 1. The van der Waals surface area contributed by atoms with Gasteiger partial charge in [-0.2, -0.15) is 5.10 Å². The number of aryl methyl sites for hydroxylation is 1. The summed E-state index contributed by atoms with van der Waals surface area (Å²) < 4.78 is 2.58. The highest BCUT2D eigenvalue weighted by atomic mass is 79.9. The number of carbonyl (C=O) groups is 1. The Labute approximate surface area is 113 Å². The van der Waals surface area contributed by atoms with E-state index in [1.165, 1.54) is 0 Å². The Morgan fingerprint density at radius 3 is 2.67 bits per heavy atom. The maximum absolute atomic E-state index is 12.0. The molecule has 2 aromatic rings. The molecule has 0 fully saturated rings. The molecule has 0 aliphatic carbocycles. The van der Waals surface area contributed by atoms with Gasteiger partial charge >= 0.3 is 0 Å². The van der Waals surface area contributed by atoms with Gasteiger partial charge in [0, 0.05) is 22.9 Å². The van der Waals surface area contributed by atoms with E-state index >= 15 is 0 Å². The molecule has 0 saturated heterocycles. The molecule has 2 rings (SSSR count). The molecule has 0 radical (unpaired) electrons. The first-order valence-corrected chi connectivity index (χ1v) is 6.29. The van der Waals surface area contributed by atoms with Gasteiger partial charge in [0.25, 0.3) is 5.91 Å². The standard InChI is InChI=1S/C12H13BrN4O/c1-2-17-7-10(14)11(16-17)12(18)15-9-5-3-8(13)4-6-9/h3-7H,2,14H2,1H3,(H,15,18). The van der Waals surface area contributed by atoms with Crippen LogP contribution in [-0.2, 0) is 6.54 Å². The van der Waals surface area contributed by atoms with Crippen molar-refractivity contribution in [2.24, 2.45) is 0 Å². The molecule has 5 nitrogen and oxygen atoms in total. The molecule has 1 heterocycles. The van der Waals surface area contributed by atoms with Crippen LogP contribution in [0.5, 0.6) is 0 Å². The number of anilines is 2. The number of nitrogens with one attached hydrogen (secondary N) is 1. The summed E-state index contributed by atoms with van der Waals surface area (Å²) in [6, 6.07) is 7.30. The van der Waals surface area contributed by atoms with Crippen molar-refractivity contribution in [3.8, 4) is 0 Å². The summed E-state index contributed by atoms with van der Waals surface area (Å²) in [7, 11) is 0. The molecule has 18 heavy (non-hydrogen) atoms. The average molecular weight is 309 g/mol. The van der Waals surface area contributed by atoms with E-state index in [0.29, 0.717) is 17.9 Å². The number of aromatic nitrogens is 2.